The molecular formula is C60H68N2. The van der Waals surface area contributed by atoms with Crippen molar-refractivity contribution in [3.63, 3.8) is 0 Å². The molecule has 0 amide bonds. The van der Waals surface area contributed by atoms with Crippen molar-refractivity contribution in [2.45, 2.75) is 145 Å². The van der Waals surface area contributed by atoms with E-state index in [9.17, 15) is 0 Å². The summed E-state index contributed by atoms with van der Waals surface area (Å²) in [5.74, 6) is 1.15. The number of hydrogen-bond donors (Lipinski definition) is 0. The van der Waals surface area contributed by atoms with Crippen LogP contribution in [0.3, 0.4) is 0 Å². The highest BCUT2D eigenvalue weighted by Crippen LogP contribution is 2.53. The maximum Gasteiger partial charge on any atom is 0.0620 e. The summed E-state index contributed by atoms with van der Waals surface area (Å²) in [6, 6.07) is 39.3. The summed E-state index contributed by atoms with van der Waals surface area (Å²) in [6.45, 7) is 22.7. The molecule has 2 heteroatoms. The standard InChI is InChI=1S/C60H68N2/c1-37-21-25-51(29-39(37)3)61(53-31-41(5)45(9)42(6)32-53)59-55-27-23-50(48-19-15-12-16-20-48)36-58(55)60(56-28-24-49(35-57(56)59)47-17-13-11-14-18-47)62(52-26-22-38(2)40(4)30-52)54-33-43(7)46(10)44(8)34-54/h21-36,47-48H,11-20H2,1-10H3. The number of rotatable bonds is 8. The van der Waals surface area contributed by atoms with Crippen LogP contribution < -0.4 is 9.80 Å². The van der Waals surface area contributed by atoms with Gasteiger partial charge in [-0.05, 0) is 234 Å². The van der Waals surface area contributed by atoms with Gasteiger partial charge in [-0.25, -0.2) is 0 Å². The predicted molar refractivity (Wildman–Crippen MR) is 270 cm³/mol. The van der Waals surface area contributed by atoms with Crippen molar-refractivity contribution in [2.75, 3.05) is 9.80 Å². The van der Waals surface area contributed by atoms with Crippen molar-refractivity contribution in [1.82, 2.24) is 0 Å². The Kier molecular flexibility index (Phi) is 11.6. The van der Waals surface area contributed by atoms with E-state index in [0.29, 0.717) is 11.8 Å². The smallest absolute Gasteiger partial charge is 0.0620 e. The number of anilines is 6. The molecule has 7 aromatic carbocycles. The molecule has 9 rings (SSSR count). The molecule has 0 atom stereocenters. The monoisotopic (exact) mass is 817 g/mol. The van der Waals surface area contributed by atoms with Crippen LogP contribution in [0.15, 0.2) is 97.1 Å². The first-order valence-electron chi connectivity index (χ1n) is 23.8. The van der Waals surface area contributed by atoms with Crippen LogP contribution in [0.4, 0.5) is 34.1 Å². The van der Waals surface area contributed by atoms with Gasteiger partial charge in [0.15, 0.2) is 0 Å². The highest BCUT2D eigenvalue weighted by Gasteiger charge is 2.29. The third kappa shape index (κ3) is 7.73. The van der Waals surface area contributed by atoms with Crippen molar-refractivity contribution in [3.05, 3.63) is 164 Å². The van der Waals surface area contributed by atoms with Crippen LogP contribution in [-0.4, -0.2) is 0 Å². The van der Waals surface area contributed by atoms with E-state index in [1.54, 1.807) is 0 Å². The van der Waals surface area contributed by atoms with Crippen molar-refractivity contribution in [1.29, 1.82) is 0 Å². The molecule has 2 nitrogen and oxygen atoms in total. The third-order valence-electron chi connectivity index (χ3n) is 15.5. The molecule has 318 valence electrons. The van der Waals surface area contributed by atoms with Crippen molar-refractivity contribution in [2.24, 2.45) is 0 Å². The highest BCUT2D eigenvalue weighted by atomic mass is 15.2. The largest absolute Gasteiger partial charge is 0.309 e. The van der Waals surface area contributed by atoms with Crippen LogP contribution in [0.1, 0.15) is 143 Å². The summed E-state index contributed by atoms with van der Waals surface area (Å²) >= 11 is 0. The normalized spacial score (nSPS) is 15.1. The molecule has 62 heavy (non-hydrogen) atoms. The Bertz CT molecular complexity index is 2590. The number of aryl methyl sites for hydroxylation is 8. The second-order valence-electron chi connectivity index (χ2n) is 19.6. The minimum Gasteiger partial charge on any atom is -0.309 e. The van der Waals surface area contributed by atoms with Crippen molar-refractivity contribution >= 4 is 55.7 Å². The van der Waals surface area contributed by atoms with Gasteiger partial charge in [-0.3, -0.25) is 0 Å². The zero-order valence-corrected chi connectivity index (χ0v) is 39.4. The van der Waals surface area contributed by atoms with Gasteiger partial charge in [-0.1, -0.05) is 74.9 Å². The molecule has 0 bridgehead atoms. The van der Waals surface area contributed by atoms with Crippen LogP contribution in [0.25, 0.3) is 21.5 Å². The molecule has 0 aromatic heterocycles. The lowest BCUT2D eigenvalue weighted by Gasteiger charge is -2.35. The Labute approximate surface area is 373 Å². The van der Waals surface area contributed by atoms with Crippen LogP contribution in [-0.2, 0) is 0 Å². The first kappa shape index (κ1) is 42.0. The van der Waals surface area contributed by atoms with E-state index in [1.807, 2.05) is 0 Å². The van der Waals surface area contributed by atoms with Gasteiger partial charge in [-0.15, -0.1) is 0 Å². The molecule has 0 saturated heterocycles. The Morgan fingerprint density at radius 3 is 0.984 bits per heavy atom. The number of hydrogen-bond acceptors (Lipinski definition) is 2. The summed E-state index contributed by atoms with van der Waals surface area (Å²) in [5.41, 5.74) is 23.7. The number of nitrogens with zero attached hydrogens (tertiary/aromatic N) is 2. The second kappa shape index (κ2) is 17.1. The van der Waals surface area contributed by atoms with E-state index in [1.165, 1.54) is 187 Å². The molecule has 0 heterocycles. The lowest BCUT2D eigenvalue weighted by atomic mass is 9.81. The van der Waals surface area contributed by atoms with Gasteiger partial charge in [-0.2, -0.15) is 0 Å². The summed E-state index contributed by atoms with van der Waals surface area (Å²) in [5, 5.41) is 5.25. The maximum atomic E-state index is 2.63. The Morgan fingerprint density at radius 2 is 0.645 bits per heavy atom. The number of benzene rings is 7. The van der Waals surface area contributed by atoms with E-state index in [4.69, 9.17) is 0 Å². The highest BCUT2D eigenvalue weighted by molar-refractivity contribution is 6.23. The molecule has 2 saturated carbocycles. The molecule has 7 aromatic rings. The van der Waals surface area contributed by atoms with Gasteiger partial charge in [0, 0.05) is 44.3 Å². The van der Waals surface area contributed by atoms with Crippen LogP contribution in [0, 0.1) is 69.2 Å². The maximum absolute atomic E-state index is 2.63. The van der Waals surface area contributed by atoms with Crippen molar-refractivity contribution in [3.8, 4) is 0 Å². The minimum atomic E-state index is 0.575. The molecular weight excluding hydrogens is 749 g/mol. The second-order valence-corrected chi connectivity index (χ2v) is 19.6. The van der Waals surface area contributed by atoms with Crippen LogP contribution in [0.5, 0.6) is 0 Å². The lowest BCUT2D eigenvalue weighted by molar-refractivity contribution is 0.444. The predicted octanol–water partition coefficient (Wildman–Crippen LogP) is 18.1. The van der Waals surface area contributed by atoms with Crippen molar-refractivity contribution < 1.29 is 0 Å². The van der Waals surface area contributed by atoms with Gasteiger partial charge in [0.2, 0.25) is 0 Å². The molecule has 0 N–H and O–H groups in total. The SMILES string of the molecule is Cc1ccc(N(c2cc(C)c(C)c(C)c2)c2c3ccc(C4CCCCC4)cc3c(N(c3ccc(C)c(C)c3)c3cc(C)c(C)c(C)c3)c3ccc(C4CCCCC4)cc23)cc1C. The van der Waals surface area contributed by atoms with Gasteiger partial charge in [0.1, 0.15) is 0 Å². The zero-order valence-electron chi connectivity index (χ0n) is 39.4. The summed E-state index contributed by atoms with van der Waals surface area (Å²) < 4.78 is 0. The van der Waals surface area contributed by atoms with Gasteiger partial charge >= 0.3 is 0 Å². The van der Waals surface area contributed by atoms with Crippen LogP contribution >= 0.6 is 0 Å². The molecule has 0 unspecified atom stereocenters. The fourth-order valence-electron chi connectivity index (χ4n) is 10.9. The average Bonchev–Trinajstić information content (AvgIpc) is 3.28. The Balaban J connectivity index is 1.47. The summed E-state index contributed by atoms with van der Waals surface area (Å²) in [4.78, 5) is 5.26. The van der Waals surface area contributed by atoms with Gasteiger partial charge < -0.3 is 9.80 Å². The molecule has 2 aliphatic carbocycles. The first-order chi connectivity index (χ1) is 29.9. The lowest BCUT2D eigenvalue weighted by Crippen LogP contribution is -2.16. The molecule has 0 radical (unpaired) electrons. The van der Waals surface area contributed by atoms with E-state index in [2.05, 4.69) is 176 Å². The van der Waals surface area contributed by atoms with E-state index in [-0.39, 0.29) is 0 Å². The topological polar surface area (TPSA) is 6.48 Å². The molecule has 0 aliphatic heterocycles. The molecule has 0 spiro atoms. The molecule has 2 aliphatic rings. The summed E-state index contributed by atoms with van der Waals surface area (Å²) in [6.07, 6.45) is 13.0. The van der Waals surface area contributed by atoms with E-state index >= 15 is 0 Å². The number of fused-ring (bicyclic) bond motifs is 2. The Hall–Kier alpha value is -5.34. The Morgan fingerprint density at radius 1 is 0.306 bits per heavy atom. The van der Waals surface area contributed by atoms with Crippen LogP contribution in [0.2, 0.25) is 0 Å². The van der Waals surface area contributed by atoms with Gasteiger partial charge in [0.25, 0.3) is 0 Å². The quantitative estimate of drug-likeness (QED) is 0.111. The fraction of sp³-hybridized carbons (Fsp3) is 0.367. The third-order valence-corrected chi connectivity index (χ3v) is 15.5. The zero-order chi connectivity index (χ0) is 43.4. The first-order valence-corrected chi connectivity index (χ1v) is 23.8. The van der Waals surface area contributed by atoms with E-state index < -0.39 is 0 Å². The average molecular weight is 817 g/mol. The van der Waals surface area contributed by atoms with E-state index in [0.717, 1.165) is 0 Å². The minimum absolute atomic E-state index is 0.575. The van der Waals surface area contributed by atoms with Gasteiger partial charge in [0.05, 0.1) is 11.4 Å². The summed E-state index contributed by atoms with van der Waals surface area (Å²) in [7, 11) is 0. The molecule has 2 fully saturated rings. The fourth-order valence-corrected chi connectivity index (χ4v) is 10.9.